The molecule has 1 unspecified atom stereocenters. The van der Waals surface area contributed by atoms with Gasteiger partial charge in [0.05, 0.1) is 22.0 Å². The van der Waals surface area contributed by atoms with Crippen molar-refractivity contribution in [3.05, 3.63) is 70.3 Å². The number of aryl methyl sites for hydroxylation is 1. The molecule has 6 aliphatic rings. The van der Waals surface area contributed by atoms with E-state index in [9.17, 15) is 13.8 Å². The quantitative estimate of drug-likeness (QED) is 0.325. The normalized spacial score (nSPS) is 35.9. The first kappa shape index (κ1) is 39.7. The van der Waals surface area contributed by atoms with Gasteiger partial charge in [0.1, 0.15) is 11.4 Å². The summed E-state index contributed by atoms with van der Waals surface area (Å²) in [6.45, 7) is 13.8. The number of nitrogens with zero attached hydrogens (tertiary/aromatic N) is 4. The Labute approximate surface area is 339 Å². The van der Waals surface area contributed by atoms with Crippen molar-refractivity contribution in [1.29, 1.82) is 0 Å². The van der Waals surface area contributed by atoms with Crippen LogP contribution in [-0.2, 0) is 31.1 Å². The summed E-state index contributed by atoms with van der Waals surface area (Å²) < 4.78 is 30.5. The number of ether oxygens (including phenoxy) is 2. The first-order chi connectivity index (χ1) is 26.8. The number of piperazine rings is 2. The van der Waals surface area contributed by atoms with E-state index in [0.717, 1.165) is 107 Å². The number of nitrogens with one attached hydrogen (secondary N) is 1. The molecule has 12 heteroatoms. The van der Waals surface area contributed by atoms with Gasteiger partial charge >= 0.3 is 0 Å². The minimum absolute atomic E-state index is 0.0000689. The van der Waals surface area contributed by atoms with Crippen LogP contribution in [0.2, 0.25) is 5.02 Å². The van der Waals surface area contributed by atoms with Crippen LogP contribution in [0.5, 0.6) is 5.75 Å². The number of methoxy groups -OCH3 is 1. The number of carbonyl (C=O) groups excluding carboxylic acids is 2. The Kier molecular flexibility index (Phi) is 11.1. The Morgan fingerprint density at radius 3 is 2.68 bits per heavy atom. The number of allylic oxidation sites excluding steroid dienone is 1. The summed E-state index contributed by atoms with van der Waals surface area (Å²) in [7, 11) is -1.11. The Balaban J connectivity index is 1.17. The van der Waals surface area contributed by atoms with Gasteiger partial charge in [-0.25, -0.2) is 4.21 Å². The van der Waals surface area contributed by atoms with Crippen molar-refractivity contribution >= 4 is 44.7 Å². The van der Waals surface area contributed by atoms with Crippen LogP contribution in [0.4, 0.5) is 5.69 Å². The van der Waals surface area contributed by atoms with Crippen molar-refractivity contribution < 1.29 is 23.3 Å². The number of hydrogen-bond donors (Lipinski definition) is 1. The summed E-state index contributed by atoms with van der Waals surface area (Å²) in [5.74, 6) is 5.21. The average Bonchev–Trinajstić information content (AvgIpc) is 3.31. The molecule has 304 valence electrons. The third-order valence-corrected chi connectivity index (χ3v) is 16.9. The van der Waals surface area contributed by atoms with Crippen LogP contribution in [0.1, 0.15) is 74.4 Å². The van der Waals surface area contributed by atoms with E-state index in [1.165, 1.54) is 11.1 Å². The van der Waals surface area contributed by atoms with Crippen LogP contribution in [0.3, 0.4) is 0 Å². The van der Waals surface area contributed by atoms with E-state index >= 15 is 0 Å². The Morgan fingerprint density at radius 1 is 1.09 bits per heavy atom. The first-order valence-corrected chi connectivity index (χ1v) is 22.9. The topological polar surface area (TPSA) is 94.7 Å². The van der Waals surface area contributed by atoms with E-state index < -0.39 is 15.3 Å². The lowest BCUT2D eigenvalue weighted by Crippen LogP contribution is -2.65. The molecule has 2 aromatic carbocycles. The van der Waals surface area contributed by atoms with Gasteiger partial charge in [-0.2, -0.15) is 0 Å². The molecule has 1 N–H and O–H groups in total. The van der Waals surface area contributed by atoms with Crippen molar-refractivity contribution in [2.45, 2.75) is 81.6 Å². The molecular weight excluding hydrogens is 746 g/mol. The van der Waals surface area contributed by atoms with E-state index in [4.69, 9.17) is 21.1 Å². The van der Waals surface area contributed by atoms with Crippen molar-refractivity contribution in [2.24, 2.45) is 17.8 Å². The molecule has 0 radical (unpaired) electrons. The van der Waals surface area contributed by atoms with Crippen LogP contribution in [0.25, 0.3) is 0 Å². The van der Waals surface area contributed by atoms with E-state index in [-0.39, 0.29) is 34.3 Å². The number of hydrogen-bond acceptors (Lipinski definition) is 8. The lowest BCUT2D eigenvalue weighted by atomic mass is 9.63. The monoisotopic (exact) mass is 805 g/mol. The van der Waals surface area contributed by atoms with Crippen molar-refractivity contribution in [3.8, 4) is 5.75 Å². The van der Waals surface area contributed by atoms with Crippen LogP contribution in [0, 0.1) is 17.8 Å². The van der Waals surface area contributed by atoms with E-state index in [0.29, 0.717) is 30.6 Å². The number of halogens is 1. The Bertz CT molecular complexity index is 1980. The minimum atomic E-state index is -2.99. The molecule has 10 nitrogen and oxygen atoms in total. The van der Waals surface area contributed by atoms with Crippen LogP contribution < -0.4 is 14.4 Å². The fourth-order valence-corrected chi connectivity index (χ4v) is 12.4. The van der Waals surface area contributed by atoms with Gasteiger partial charge in [-0.15, -0.1) is 0 Å². The predicted molar refractivity (Wildman–Crippen MR) is 225 cm³/mol. The molecule has 2 aliphatic carbocycles. The smallest absolute Gasteiger partial charge is 0.262 e. The van der Waals surface area contributed by atoms with E-state index in [2.05, 4.69) is 56.5 Å². The zero-order chi connectivity index (χ0) is 39.4. The summed E-state index contributed by atoms with van der Waals surface area (Å²) in [4.78, 5) is 35.8. The molecule has 0 aromatic heterocycles. The fourth-order valence-electron chi connectivity index (χ4n) is 10.7. The molecule has 3 fully saturated rings. The lowest BCUT2D eigenvalue weighted by molar-refractivity contribution is -0.134. The number of carbonyl (C=O) groups is 2. The zero-order valence-corrected chi connectivity index (χ0v) is 35.2. The molecule has 56 heavy (non-hydrogen) atoms. The molecule has 2 aromatic rings. The van der Waals surface area contributed by atoms with Crippen LogP contribution in [0.15, 0.2) is 48.6 Å². The number of fused-ring (bicyclic) bond motifs is 5. The van der Waals surface area contributed by atoms with Gasteiger partial charge in [-0.05, 0) is 111 Å². The largest absolute Gasteiger partial charge is 0.490 e. The van der Waals surface area contributed by atoms with Gasteiger partial charge in [0.2, 0.25) is 5.91 Å². The fraction of sp³-hybridized carbons (Fsp3) is 0.614. The highest BCUT2D eigenvalue weighted by molar-refractivity contribution is 7.99. The van der Waals surface area contributed by atoms with Crippen molar-refractivity contribution in [3.63, 3.8) is 0 Å². The molecule has 2 bridgehead atoms. The standard InChI is InChI=1S/C44H60ClN5O5S/c1-30-8-6-17-44(54-4,28-47-18-19-48-20-21-49(32(3)51)26-37(48)25-47)39-13-10-35(39)24-50-27-43(16-7-9-33-22-36(45)12-14-38(33)43)29-55-41-15-11-34(23-40(41)50)42(52)46-56(5,53)31(30)2/h6,11-12,14-15,17,22-23,30-31,35,37,39H,5,7-10,13,16,18-21,24-29H2,1-4H3,(H,46,52,53)/b17-6+/t30-,31+,35-,37+,39+,43-,44-,56?/m0/s1. The SMILES string of the molecule is C=S1(=O)NC(=O)c2ccc3c(c2)N(C[C@@H]2CC[C@H]2[C@](CN2CCN4CCN(C(C)=O)C[C@H]4C2)(OC)/C=C/C[C@H](C)[C@H]1C)C[C@@]1(CCCc2cc(Cl)ccc21)CO3. The maximum atomic E-state index is 14.1. The molecular formula is C44H60ClN5O5S. The Hall–Kier alpha value is -3.09. The Morgan fingerprint density at radius 2 is 1.91 bits per heavy atom. The third kappa shape index (κ3) is 7.51. The first-order valence-electron chi connectivity index (χ1n) is 20.7. The molecule has 1 saturated carbocycles. The number of amides is 2. The van der Waals surface area contributed by atoms with E-state index in [1.54, 1.807) is 13.0 Å². The second-order valence-electron chi connectivity index (χ2n) is 17.8. The second kappa shape index (κ2) is 15.6. The molecule has 4 heterocycles. The zero-order valence-electron chi connectivity index (χ0n) is 33.6. The van der Waals surface area contributed by atoms with Gasteiger partial charge in [0, 0.05) is 100 Å². The van der Waals surface area contributed by atoms with Gasteiger partial charge in [0.25, 0.3) is 5.91 Å². The molecule has 2 amide bonds. The third-order valence-electron chi connectivity index (χ3n) is 14.4. The highest BCUT2D eigenvalue weighted by Crippen LogP contribution is 2.49. The second-order valence-corrected chi connectivity index (χ2v) is 20.6. The number of benzene rings is 2. The maximum absolute atomic E-state index is 14.1. The summed E-state index contributed by atoms with van der Waals surface area (Å²) in [5.41, 5.74) is 3.14. The maximum Gasteiger partial charge on any atom is 0.262 e. The van der Waals surface area contributed by atoms with Gasteiger partial charge in [-0.1, -0.05) is 36.7 Å². The lowest BCUT2D eigenvalue weighted by Gasteiger charge is -2.53. The predicted octanol–water partition coefficient (Wildman–Crippen LogP) is 5.42. The highest BCUT2D eigenvalue weighted by Gasteiger charge is 2.50. The average molecular weight is 807 g/mol. The summed E-state index contributed by atoms with van der Waals surface area (Å²) in [5, 5.41) is 0.397. The van der Waals surface area contributed by atoms with Gasteiger partial charge in [-0.3, -0.25) is 24.1 Å². The number of anilines is 1. The number of rotatable bonds is 3. The van der Waals surface area contributed by atoms with Crippen LogP contribution in [-0.4, -0.2) is 126 Å². The minimum Gasteiger partial charge on any atom is -0.490 e. The van der Waals surface area contributed by atoms with Crippen molar-refractivity contribution in [2.75, 3.05) is 77.5 Å². The summed E-state index contributed by atoms with van der Waals surface area (Å²) in [6, 6.07) is 12.3. The molecule has 4 aliphatic heterocycles. The highest BCUT2D eigenvalue weighted by atomic mass is 35.5. The van der Waals surface area contributed by atoms with Gasteiger partial charge < -0.3 is 19.3 Å². The molecule has 8 rings (SSSR count). The molecule has 1 spiro atoms. The summed E-state index contributed by atoms with van der Waals surface area (Å²) >= 11 is 6.53. The van der Waals surface area contributed by atoms with Crippen molar-refractivity contribution in [1.82, 2.24) is 19.4 Å². The van der Waals surface area contributed by atoms with Crippen LogP contribution >= 0.6 is 11.6 Å². The summed E-state index contributed by atoms with van der Waals surface area (Å²) in [6.07, 6.45) is 10.4. The molecule has 8 atom stereocenters. The van der Waals surface area contributed by atoms with Gasteiger partial charge in [0.15, 0.2) is 0 Å². The van der Waals surface area contributed by atoms with E-state index in [1.807, 2.05) is 37.1 Å². The molecule has 2 saturated heterocycles.